The lowest BCUT2D eigenvalue weighted by atomic mass is 9.68. The zero-order valence-electron chi connectivity index (χ0n) is 20.5. The molecule has 1 N–H and O–H groups in total. The van der Waals surface area contributed by atoms with Crippen LogP contribution in [-0.4, -0.2) is 77.3 Å². The molecule has 0 aromatic heterocycles. The van der Waals surface area contributed by atoms with Crippen molar-refractivity contribution in [2.45, 2.75) is 51.0 Å². The van der Waals surface area contributed by atoms with Crippen LogP contribution in [0.5, 0.6) is 0 Å². The number of carbonyl (C=O) groups is 1. The minimum atomic E-state index is -3.78. The lowest BCUT2D eigenvalue weighted by Crippen LogP contribution is -2.52. The third kappa shape index (κ3) is 4.04. The third-order valence-corrected chi connectivity index (χ3v) is 10.6. The quantitative estimate of drug-likeness (QED) is 0.681. The monoisotopic (exact) mass is 491 g/mol. The number of carbonyl (C=O) groups excluding carboxylic acids is 1. The van der Waals surface area contributed by atoms with E-state index in [4.69, 9.17) is 9.47 Å². The van der Waals surface area contributed by atoms with Gasteiger partial charge in [0, 0.05) is 37.8 Å². The van der Waals surface area contributed by atoms with E-state index in [-0.39, 0.29) is 27.7 Å². The van der Waals surface area contributed by atoms with Crippen LogP contribution in [0, 0.1) is 16.7 Å². The minimum Gasteiger partial charge on any atom is -0.379 e. The fraction of sp³-hybridized carbons (Fsp3) is 0.720. The van der Waals surface area contributed by atoms with Gasteiger partial charge in [-0.3, -0.25) is 4.79 Å². The number of anilines is 1. The number of amides is 1. The molecule has 34 heavy (non-hydrogen) atoms. The Morgan fingerprint density at radius 1 is 1.03 bits per heavy atom. The normalized spacial score (nSPS) is 31.6. The van der Waals surface area contributed by atoms with Crippen molar-refractivity contribution in [3.8, 4) is 0 Å². The average Bonchev–Trinajstić information content (AvgIpc) is 3.33. The second-order valence-corrected chi connectivity index (χ2v) is 13.0. The molecule has 0 radical (unpaired) electrons. The first-order valence-corrected chi connectivity index (χ1v) is 13.9. The number of hydrogen-bond acceptors (Lipinski definition) is 6. The number of nitrogens with zero attached hydrogens (tertiary/aromatic N) is 2. The highest BCUT2D eigenvalue weighted by molar-refractivity contribution is 7.89. The Morgan fingerprint density at radius 3 is 2.29 bits per heavy atom. The first kappa shape index (κ1) is 24.0. The fourth-order valence-corrected chi connectivity index (χ4v) is 8.38. The average molecular weight is 492 g/mol. The highest BCUT2D eigenvalue weighted by atomic mass is 32.2. The molecule has 2 aliphatic carbocycles. The van der Waals surface area contributed by atoms with Gasteiger partial charge in [0.1, 0.15) is 4.90 Å². The van der Waals surface area contributed by atoms with Crippen LogP contribution in [0.25, 0.3) is 0 Å². The van der Waals surface area contributed by atoms with E-state index in [1.54, 1.807) is 18.2 Å². The lowest BCUT2D eigenvalue weighted by Gasteiger charge is -2.43. The number of hydrogen-bond donors (Lipinski definition) is 1. The molecule has 8 nitrogen and oxygen atoms in total. The van der Waals surface area contributed by atoms with Crippen molar-refractivity contribution in [1.29, 1.82) is 0 Å². The van der Waals surface area contributed by atoms with Crippen LogP contribution in [0.3, 0.4) is 0 Å². The molecule has 1 aromatic rings. The summed E-state index contributed by atoms with van der Waals surface area (Å²) >= 11 is 0. The first-order valence-electron chi connectivity index (χ1n) is 12.5. The first-order chi connectivity index (χ1) is 16.1. The Kier molecular flexibility index (Phi) is 6.19. The van der Waals surface area contributed by atoms with Crippen molar-refractivity contribution >= 4 is 21.6 Å². The van der Waals surface area contributed by atoms with E-state index in [9.17, 15) is 13.2 Å². The molecule has 0 spiro atoms. The molecule has 4 aliphatic rings. The number of fused-ring (bicyclic) bond motifs is 2. The van der Waals surface area contributed by atoms with E-state index in [1.165, 1.54) is 10.7 Å². The van der Waals surface area contributed by atoms with Gasteiger partial charge in [-0.05, 0) is 54.2 Å². The summed E-state index contributed by atoms with van der Waals surface area (Å²) in [6.45, 7) is 10.5. The van der Waals surface area contributed by atoms with Gasteiger partial charge in [0.15, 0.2) is 0 Å². The van der Waals surface area contributed by atoms with Crippen LogP contribution in [0.15, 0.2) is 23.1 Å². The van der Waals surface area contributed by atoms with Crippen molar-refractivity contribution < 1.29 is 22.7 Å². The summed E-state index contributed by atoms with van der Waals surface area (Å²) in [5.41, 5.74) is 1.16. The van der Waals surface area contributed by atoms with Crippen molar-refractivity contribution in [2.75, 3.05) is 57.5 Å². The van der Waals surface area contributed by atoms with E-state index in [1.807, 2.05) is 4.90 Å². The molecular weight excluding hydrogens is 454 g/mol. The van der Waals surface area contributed by atoms with Gasteiger partial charge in [0.25, 0.3) is 5.91 Å². The van der Waals surface area contributed by atoms with Gasteiger partial charge >= 0.3 is 0 Å². The Bertz CT molecular complexity index is 1040. The molecule has 1 amide bonds. The molecule has 2 bridgehead atoms. The van der Waals surface area contributed by atoms with Crippen LogP contribution in [0.2, 0.25) is 0 Å². The predicted molar refractivity (Wildman–Crippen MR) is 130 cm³/mol. The maximum absolute atomic E-state index is 13.7. The fourth-order valence-electron chi connectivity index (χ4n) is 6.73. The van der Waals surface area contributed by atoms with E-state index in [0.717, 1.165) is 12.8 Å². The second kappa shape index (κ2) is 8.76. The van der Waals surface area contributed by atoms with Gasteiger partial charge in [-0.2, -0.15) is 4.31 Å². The molecule has 2 heterocycles. The van der Waals surface area contributed by atoms with Crippen LogP contribution >= 0.6 is 0 Å². The van der Waals surface area contributed by atoms with Gasteiger partial charge in [-0.25, -0.2) is 8.42 Å². The Morgan fingerprint density at radius 2 is 1.68 bits per heavy atom. The Labute approximate surface area is 203 Å². The van der Waals surface area contributed by atoms with Crippen LogP contribution in [-0.2, 0) is 19.5 Å². The molecule has 2 saturated carbocycles. The summed E-state index contributed by atoms with van der Waals surface area (Å²) in [6.07, 6.45) is 3.47. The van der Waals surface area contributed by atoms with E-state index in [0.29, 0.717) is 69.8 Å². The summed E-state index contributed by atoms with van der Waals surface area (Å²) in [5, 5.41) is 3.31. The zero-order chi connectivity index (χ0) is 24.1. The Hall–Kier alpha value is -1.68. The molecule has 2 saturated heterocycles. The van der Waals surface area contributed by atoms with E-state index in [2.05, 4.69) is 26.1 Å². The smallest absolute Gasteiger partial charge is 0.251 e. The standard InChI is InChI=1S/C25H37N3O5S/c1-24(2)19-6-7-25(3,17-19)23(24)26-22(29)18-4-5-20(27-8-12-32-13-9-27)21(16-18)34(30,31)28-10-14-33-15-11-28/h4-5,16,19,23H,6-15,17H2,1-3H3,(H,26,29)/t19-,23?,25+/m1/s1. The number of rotatable bonds is 5. The van der Waals surface area contributed by atoms with Crippen molar-refractivity contribution in [2.24, 2.45) is 16.7 Å². The molecule has 2 aliphatic heterocycles. The number of benzene rings is 1. The topological polar surface area (TPSA) is 88.2 Å². The lowest BCUT2D eigenvalue weighted by molar-refractivity contribution is 0.0728. The van der Waals surface area contributed by atoms with E-state index >= 15 is 0 Å². The molecule has 9 heteroatoms. The van der Waals surface area contributed by atoms with Crippen LogP contribution < -0.4 is 10.2 Å². The maximum atomic E-state index is 13.7. The van der Waals surface area contributed by atoms with Gasteiger partial charge in [-0.15, -0.1) is 0 Å². The largest absolute Gasteiger partial charge is 0.379 e. The second-order valence-electron chi connectivity index (χ2n) is 11.1. The number of nitrogens with one attached hydrogen (secondary N) is 1. The molecule has 1 unspecified atom stereocenters. The highest BCUT2D eigenvalue weighted by Gasteiger charge is 2.59. The molecule has 4 fully saturated rings. The SMILES string of the molecule is CC1(C)C(NC(=O)c2ccc(N3CCOCC3)c(S(=O)(=O)N3CCOCC3)c2)[C@@]2(C)CC[C@@H]1C2. The summed E-state index contributed by atoms with van der Waals surface area (Å²) in [5.74, 6) is 0.419. The molecule has 5 rings (SSSR count). The third-order valence-electron chi connectivity index (χ3n) is 8.71. The van der Waals surface area contributed by atoms with E-state index < -0.39 is 10.0 Å². The summed E-state index contributed by atoms with van der Waals surface area (Å²) in [4.78, 5) is 15.7. The maximum Gasteiger partial charge on any atom is 0.251 e. The Balaban J connectivity index is 1.47. The van der Waals surface area contributed by atoms with Crippen molar-refractivity contribution in [3.63, 3.8) is 0 Å². The zero-order valence-corrected chi connectivity index (χ0v) is 21.3. The van der Waals surface area contributed by atoms with Crippen LogP contribution in [0.4, 0.5) is 5.69 Å². The summed E-state index contributed by atoms with van der Waals surface area (Å²) in [7, 11) is -3.78. The molecule has 1 aromatic carbocycles. The minimum absolute atomic E-state index is 0.0269. The number of sulfonamides is 1. The molecule has 188 valence electrons. The summed E-state index contributed by atoms with van der Waals surface area (Å²) in [6, 6.07) is 5.21. The van der Waals surface area contributed by atoms with Crippen molar-refractivity contribution in [1.82, 2.24) is 9.62 Å². The molecular formula is C25H37N3O5S. The van der Waals surface area contributed by atoms with Gasteiger partial charge in [0.2, 0.25) is 10.0 Å². The van der Waals surface area contributed by atoms with Gasteiger partial charge in [-0.1, -0.05) is 20.8 Å². The number of ether oxygens (including phenoxy) is 2. The van der Waals surface area contributed by atoms with Gasteiger partial charge < -0.3 is 19.7 Å². The van der Waals surface area contributed by atoms with Crippen molar-refractivity contribution in [3.05, 3.63) is 23.8 Å². The highest BCUT2D eigenvalue weighted by Crippen LogP contribution is 2.62. The van der Waals surface area contributed by atoms with Gasteiger partial charge in [0.05, 0.1) is 32.1 Å². The van der Waals surface area contributed by atoms with Crippen LogP contribution in [0.1, 0.15) is 50.4 Å². The summed E-state index contributed by atoms with van der Waals surface area (Å²) < 4.78 is 39.7. The number of morpholine rings is 2. The molecule has 3 atom stereocenters. The predicted octanol–water partition coefficient (Wildman–Crippen LogP) is 2.49.